The number of rotatable bonds is 15. The number of aliphatic hydroxyl groups is 1. The average Bonchev–Trinajstić information content (AvgIpc) is 3.18. The van der Waals surface area contributed by atoms with Gasteiger partial charge in [-0.2, -0.15) is 0 Å². The summed E-state index contributed by atoms with van der Waals surface area (Å²) < 4.78 is 54.5. The third kappa shape index (κ3) is 10.7. The van der Waals surface area contributed by atoms with Crippen molar-refractivity contribution in [3.05, 3.63) is 137 Å². The minimum atomic E-state index is -4.44. The maximum Gasteiger partial charge on any atom is 0.264 e. The first-order valence-electron chi connectivity index (χ1n) is 17.8. The number of nitrogens with zero attached hydrogens (tertiary/aromatic N) is 2. The molecule has 1 saturated heterocycles. The number of aliphatic hydroxyl groups excluding tert-OH is 1. The Kier molecular flexibility index (Phi) is 13.2. The lowest BCUT2D eigenvalue weighted by molar-refractivity contribution is 0.0981. The van der Waals surface area contributed by atoms with Gasteiger partial charge in [-0.3, -0.25) is 9.69 Å². The van der Waals surface area contributed by atoms with Crippen molar-refractivity contribution in [1.82, 2.24) is 9.62 Å². The van der Waals surface area contributed by atoms with Crippen molar-refractivity contribution in [1.29, 1.82) is 0 Å². The SMILES string of the molecule is CS(=O)(=O)c1cc(S(=O)(=O)NC(=O)c2ccc(N3CCN(Cc4ccccc4-c4ccc(Cl)cc4)CC3)cc2)ccc1N[C@H](CCO)CSc1ccccc1. The standard InChI is InChI=1S/C41H43ClN4O6S3/c1-54(49,50)40-27-37(19-20-39(40)43-34(21-26-47)29-53-36-8-3-2-4-9-36)55(51,52)44-41(48)31-13-17-35(18-14-31)46-24-22-45(23-25-46)28-32-7-5-6-10-38(32)30-11-15-33(42)16-12-30/h2-20,27,34,43,47H,21-26,28-29H2,1H3,(H,44,48)/t34-/m1/s1. The van der Waals surface area contributed by atoms with E-state index in [-0.39, 0.29) is 33.7 Å². The fraction of sp³-hybridized carbons (Fsp3) is 0.244. The molecule has 1 atom stereocenters. The predicted molar refractivity (Wildman–Crippen MR) is 221 cm³/mol. The zero-order chi connectivity index (χ0) is 39.0. The Bertz CT molecular complexity index is 2300. The predicted octanol–water partition coefficient (Wildman–Crippen LogP) is 6.81. The largest absolute Gasteiger partial charge is 0.396 e. The number of carbonyl (C=O) groups is 1. The normalized spacial score (nSPS) is 14.3. The summed E-state index contributed by atoms with van der Waals surface area (Å²) in [6.07, 6.45) is 1.33. The molecule has 0 radical (unpaired) electrons. The van der Waals surface area contributed by atoms with Crippen LogP contribution in [0.4, 0.5) is 11.4 Å². The number of halogens is 1. The molecule has 0 saturated carbocycles. The number of carbonyl (C=O) groups excluding carboxylic acids is 1. The maximum absolute atomic E-state index is 13.4. The maximum atomic E-state index is 13.4. The highest BCUT2D eigenvalue weighted by Gasteiger charge is 2.25. The molecule has 1 amide bonds. The summed E-state index contributed by atoms with van der Waals surface area (Å²) in [5, 5.41) is 13.5. The molecule has 1 aliphatic heterocycles. The van der Waals surface area contributed by atoms with Gasteiger partial charge >= 0.3 is 0 Å². The lowest BCUT2D eigenvalue weighted by Gasteiger charge is -2.36. The first kappa shape index (κ1) is 40.3. The molecule has 1 aliphatic rings. The van der Waals surface area contributed by atoms with Gasteiger partial charge in [-0.15, -0.1) is 11.8 Å². The van der Waals surface area contributed by atoms with E-state index in [4.69, 9.17) is 11.6 Å². The van der Waals surface area contributed by atoms with E-state index in [1.807, 2.05) is 60.7 Å². The van der Waals surface area contributed by atoms with Crippen LogP contribution >= 0.6 is 23.4 Å². The van der Waals surface area contributed by atoms with Gasteiger partial charge in [-0.1, -0.05) is 66.2 Å². The van der Waals surface area contributed by atoms with Crippen LogP contribution in [0.2, 0.25) is 5.02 Å². The van der Waals surface area contributed by atoms with E-state index in [2.05, 4.69) is 38.0 Å². The fourth-order valence-corrected chi connectivity index (χ4v) is 9.48. The molecule has 55 heavy (non-hydrogen) atoms. The molecule has 288 valence electrons. The van der Waals surface area contributed by atoms with Crippen LogP contribution in [0.15, 0.2) is 136 Å². The summed E-state index contributed by atoms with van der Waals surface area (Å²) in [6, 6.07) is 36.0. The van der Waals surface area contributed by atoms with Gasteiger partial charge in [0.15, 0.2) is 9.84 Å². The van der Waals surface area contributed by atoms with E-state index in [0.717, 1.165) is 61.2 Å². The van der Waals surface area contributed by atoms with Gasteiger partial charge in [0.05, 0.1) is 15.5 Å². The van der Waals surface area contributed by atoms with Gasteiger partial charge in [-0.25, -0.2) is 21.6 Å². The zero-order valence-electron chi connectivity index (χ0n) is 30.3. The molecular formula is C41H43ClN4O6S3. The lowest BCUT2D eigenvalue weighted by Crippen LogP contribution is -2.46. The summed E-state index contributed by atoms with van der Waals surface area (Å²) in [5.74, 6) is -0.306. The minimum Gasteiger partial charge on any atom is -0.396 e. The Labute approximate surface area is 332 Å². The summed E-state index contributed by atoms with van der Waals surface area (Å²) in [7, 11) is -8.33. The molecule has 0 bridgehead atoms. The van der Waals surface area contributed by atoms with Gasteiger partial charge in [0, 0.05) is 78.6 Å². The van der Waals surface area contributed by atoms with E-state index in [1.54, 1.807) is 36.0 Å². The molecule has 0 aromatic heterocycles. The molecule has 1 fully saturated rings. The van der Waals surface area contributed by atoms with Gasteiger partial charge in [0.2, 0.25) is 0 Å². The van der Waals surface area contributed by atoms with Crippen molar-refractivity contribution in [3.8, 4) is 11.1 Å². The number of sulfonamides is 1. The Morgan fingerprint density at radius 1 is 0.836 bits per heavy atom. The molecule has 10 nitrogen and oxygen atoms in total. The Morgan fingerprint density at radius 3 is 2.18 bits per heavy atom. The van der Waals surface area contributed by atoms with Crippen molar-refractivity contribution in [2.75, 3.05) is 55.0 Å². The van der Waals surface area contributed by atoms with Crippen LogP contribution in [0, 0.1) is 0 Å². The molecule has 5 aromatic carbocycles. The van der Waals surface area contributed by atoms with Gasteiger partial charge < -0.3 is 15.3 Å². The first-order chi connectivity index (χ1) is 26.4. The first-order valence-corrected chi connectivity index (χ1v) is 22.5. The molecule has 3 N–H and O–H groups in total. The van der Waals surface area contributed by atoms with Crippen LogP contribution < -0.4 is 14.9 Å². The van der Waals surface area contributed by atoms with E-state index >= 15 is 0 Å². The topological polar surface area (TPSA) is 136 Å². The number of hydrogen-bond donors (Lipinski definition) is 3. The summed E-state index contributed by atoms with van der Waals surface area (Å²) in [5.41, 5.74) is 4.82. The molecule has 0 spiro atoms. The van der Waals surface area contributed by atoms with E-state index in [9.17, 15) is 26.7 Å². The van der Waals surface area contributed by atoms with Gasteiger partial charge in [0.25, 0.3) is 15.9 Å². The molecule has 14 heteroatoms. The highest BCUT2D eigenvalue weighted by Crippen LogP contribution is 2.29. The number of benzene rings is 5. The number of amides is 1. The van der Waals surface area contributed by atoms with Crippen molar-refractivity contribution < 1.29 is 26.7 Å². The van der Waals surface area contributed by atoms with Crippen molar-refractivity contribution in [2.45, 2.75) is 33.7 Å². The third-order valence-corrected chi connectivity index (χ3v) is 13.2. The summed E-state index contributed by atoms with van der Waals surface area (Å²) in [6.45, 7) is 3.93. The molecule has 0 aliphatic carbocycles. The number of anilines is 2. The monoisotopic (exact) mass is 818 g/mol. The van der Waals surface area contributed by atoms with Crippen LogP contribution in [0.1, 0.15) is 22.3 Å². The van der Waals surface area contributed by atoms with E-state index in [0.29, 0.717) is 17.2 Å². The number of sulfone groups is 1. The van der Waals surface area contributed by atoms with E-state index in [1.165, 1.54) is 23.3 Å². The van der Waals surface area contributed by atoms with E-state index < -0.39 is 25.8 Å². The second-order valence-corrected chi connectivity index (χ2v) is 18.5. The summed E-state index contributed by atoms with van der Waals surface area (Å²) in [4.78, 5) is 18.2. The molecule has 6 rings (SSSR count). The number of thioether (sulfide) groups is 1. The van der Waals surface area contributed by atoms with Crippen LogP contribution in [0.3, 0.4) is 0 Å². The number of piperazine rings is 1. The Hall–Kier alpha value is -4.37. The Morgan fingerprint density at radius 2 is 1.51 bits per heavy atom. The smallest absolute Gasteiger partial charge is 0.264 e. The van der Waals surface area contributed by atoms with Crippen LogP contribution in [0.25, 0.3) is 11.1 Å². The molecule has 0 unspecified atom stereocenters. The second-order valence-electron chi connectivity index (χ2n) is 13.3. The number of hydrogen-bond acceptors (Lipinski definition) is 10. The quantitative estimate of drug-likeness (QED) is 0.0968. The van der Waals surface area contributed by atoms with Crippen molar-refractivity contribution >= 4 is 60.5 Å². The highest BCUT2D eigenvalue weighted by atomic mass is 35.5. The fourth-order valence-electron chi connectivity index (χ4n) is 6.42. The number of nitrogens with one attached hydrogen (secondary N) is 2. The molecule has 5 aromatic rings. The minimum absolute atomic E-state index is 0.126. The summed E-state index contributed by atoms with van der Waals surface area (Å²) >= 11 is 7.66. The molecule has 1 heterocycles. The van der Waals surface area contributed by atoms with Crippen molar-refractivity contribution in [3.63, 3.8) is 0 Å². The van der Waals surface area contributed by atoms with Gasteiger partial charge in [-0.05, 0) is 89.8 Å². The second kappa shape index (κ2) is 18.1. The van der Waals surface area contributed by atoms with Crippen LogP contribution in [-0.4, -0.2) is 83.6 Å². The third-order valence-electron chi connectivity index (χ3n) is 9.35. The highest BCUT2D eigenvalue weighted by molar-refractivity contribution is 7.99. The molecular weight excluding hydrogens is 776 g/mol. The van der Waals surface area contributed by atoms with Crippen LogP contribution in [-0.2, 0) is 26.4 Å². The van der Waals surface area contributed by atoms with Gasteiger partial charge in [0.1, 0.15) is 0 Å². The lowest BCUT2D eigenvalue weighted by atomic mass is 9.99. The van der Waals surface area contributed by atoms with Crippen molar-refractivity contribution in [2.24, 2.45) is 0 Å². The zero-order valence-corrected chi connectivity index (χ0v) is 33.5. The average molecular weight is 819 g/mol. The van der Waals surface area contributed by atoms with Crippen LogP contribution in [0.5, 0.6) is 0 Å². The Balaban J connectivity index is 1.07.